The summed E-state index contributed by atoms with van der Waals surface area (Å²) in [5, 5.41) is 2.77. The Balaban J connectivity index is 1.56. The van der Waals surface area contributed by atoms with Crippen molar-refractivity contribution in [1.29, 1.82) is 0 Å². The van der Waals surface area contributed by atoms with Gasteiger partial charge in [0.1, 0.15) is 12.1 Å². The first-order valence-electron chi connectivity index (χ1n) is 9.91. The molecule has 4 amide bonds. The third-order valence-corrected chi connectivity index (χ3v) is 5.85. The van der Waals surface area contributed by atoms with Crippen LogP contribution < -0.4 is 10.2 Å². The minimum atomic E-state index is -1.16. The minimum absolute atomic E-state index is 0.244. The van der Waals surface area contributed by atoms with Crippen LogP contribution >= 0.6 is 0 Å². The van der Waals surface area contributed by atoms with Crippen LogP contribution in [0.5, 0.6) is 0 Å². The number of carbonyl (C=O) groups is 3. The molecule has 2 aliphatic rings. The molecule has 1 fully saturated rings. The van der Waals surface area contributed by atoms with Crippen LogP contribution in [-0.4, -0.2) is 35.8 Å². The second-order valence-corrected chi connectivity index (χ2v) is 8.09. The van der Waals surface area contributed by atoms with E-state index in [1.807, 2.05) is 50.2 Å². The van der Waals surface area contributed by atoms with Gasteiger partial charge in [-0.1, -0.05) is 47.5 Å². The van der Waals surface area contributed by atoms with Crippen molar-refractivity contribution in [3.05, 3.63) is 64.7 Å². The number of hydrogen-bond acceptors (Lipinski definition) is 3. The molecule has 1 unspecified atom stereocenters. The van der Waals surface area contributed by atoms with Gasteiger partial charge >= 0.3 is 6.03 Å². The van der Waals surface area contributed by atoms with Crippen molar-refractivity contribution in [2.45, 2.75) is 39.2 Å². The summed E-state index contributed by atoms with van der Waals surface area (Å²) in [6.07, 6.45) is 1.79. The summed E-state index contributed by atoms with van der Waals surface area (Å²) < 4.78 is 0. The summed E-state index contributed by atoms with van der Waals surface area (Å²) in [6, 6.07) is 13.0. The minimum Gasteiger partial charge on any atom is -0.319 e. The van der Waals surface area contributed by atoms with E-state index in [1.165, 1.54) is 0 Å². The number of rotatable bonds is 3. The van der Waals surface area contributed by atoms with E-state index in [0.29, 0.717) is 12.1 Å². The maximum Gasteiger partial charge on any atom is 0.325 e. The summed E-state index contributed by atoms with van der Waals surface area (Å²) >= 11 is 0. The van der Waals surface area contributed by atoms with Gasteiger partial charge in [0.2, 0.25) is 5.91 Å². The van der Waals surface area contributed by atoms with Gasteiger partial charge in [-0.05, 0) is 50.8 Å². The van der Waals surface area contributed by atoms with Crippen LogP contribution in [0.2, 0.25) is 0 Å². The zero-order valence-electron chi connectivity index (χ0n) is 17.0. The molecule has 0 aromatic heterocycles. The lowest BCUT2D eigenvalue weighted by molar-refractivity contribution is -0.134. The van der Waals surface area contributed by atoms with E-state index < -0.39 is 17.5 Å². The number of aryl methyl sites for hydroxylation is 3. The monoisotopic (exact) mass is 391 g/mol. The second kappa shape index (κ2) is 7.03. The Kier molecular flexibility index (Phi) is 4.65. The van der Waals surface area contributed by atoms with E-state index in [2.05, 4.69) is 11.4 Å². The Bertz CT molecular complexity index is 999. The fourth-order valence-corrected chi connectivity index (χ4v) is 4.13. The van der Waals surface area contributed by atoms with Crippen LogP contribution in [0.4, 0.5) is 10.5 Å². The van der Waals surface area contributed by atoms with E-state index in [9.17, 15) is 14.4 Å². The molecule has 0 radical (unpaired) electrons. The number of hydrogen-bond donors (Lipinski definition) is 1. The Morgan fingerprint density at radius 1 is 1.07 bits per heavy atom. The molecule has 1 atom stereocenters. The molecule has 0 saturated carbocycles. The van der Waals surface area contributed by atoms with Crippen molar-refractivity contribution < 1.29 is 14.4 Å². The molecule has 0 spiro atoms. The number of anilines is 1. The number of benzene rings is 2. The van der Waals surface area contributed by atoms with Gasteiger partial charge in [-0.2, -0.15) is 0 Å². The smallest absolute Gasteiger partial charge is 0.319 e. The average Bonchev–Trinajstić information content (AvgIpc) is 2.91. The second-order valence-electron chi connectivity index (χ2n) is 8.09. The van der Waals surface area contributed by atoms with Crippen molar-refractivity contribution in [3.63, 3.8) is 0 Å². The number of fused-ring (bicyclic) bond motifs is 1. The average molecular weight is 391 g/mol. The summed E-state index contributed by atoms with van der Waals surface area (Å²) in [4.78, 5) is 41.4. The highest BCUT2D eigenvalue weighted by Crippen LogP contribution is 2.31. The normalized spacial score (nSPS) is 21.2. The number of carbonyl (C=O) groups excluding carboxylic acids is 3. The van der Waals surface area contributed by atoms with Crippen LogP contribution in [0.3, 0.4) is 0 Å². The number of nitrogens with one attached hydrogen (secondary N) is 1. The van der Waals surface area contributed by atoms with Crippen molar-refractivity contribution >= 4 is 23.5 Å². The summed E-state index contributed by atoms with van der Waals surface area (Å²) in [6.45, 7) is 6.00. The maximum absolute atomic E-state index is 13.1. The standard InChI is InChI=1S/C23H25N3O3/c1-15-6-9-18(10-7-15)23(3)21(28)26(22(29)24-23)14-20(27)25-12-4-5-17-13-16(2)8-11-19(17)25/h6-11,13H,4-5,12,14H2,1-3H3,(H,24,29). The zero-order chi connectivity index (χ0) is 20.8. The van der Waals surface area contributed by atoms with Gasteiger partial charge in [0.25, 0.3) is 5.91 Å². The third-order valence-electron chi connectivity index (χ3n) is 5.85. The first-order valence-corrected chi connectivity index (χ1v) is 9.91. The van der Waals surface area contributed by atoms with Crippen molar-refractivity contribution in [3.8, 4) is 0 Å². The molecule has 6 heteroatoms. The fraction of sp³-hybridized carbons (Fsp3) is 0.348. The molecular weight excluding hydrogens is 366 g/mol. The Morgan fingerprint density at radius 3 is 2.48 bits per heavy atom. The van der Waals surface area contributed by atoms with Crippen LogP contribution in [0, 0.1) is 13.8 Å². The predicted octanol–water partition coefficient (Wildman–Crippen LogP) is 3.05. The first-order chi connectivity index (χ1) is 13.8. The van der Waals surface area contributed by atoms with Gasteiger partial charge in [0.05, 0.1) is 0 Å². The highest BCUT2D eigenvalue weighted by atomic mass is 16.2. The number of nitrogens with zero attached hydrogens (tertiary/aromatic N) is 2. The van der Waals surface area contributed by atoms with Gasteiger partial charge in [-0.3, -0.25) is 14.5 Å². The molecule has 0 aliphatic carbocycles. The first kappa shape index (κ1) is 19.2. The van der Waals surface area contributed by atoms with E-state index >= 15 is 0 Å². The molecule has 1 saturated heterocycles. The lowest BCUT2D eigenvalue weighted by Gasteiger charge is -2.31. The largest absolute Gasteiger partial charge is 0.325 e. The Hall–Kier alpha value is -3.15. The molecule has 2 aromatic carbocycles. The van der Waals surface area contributed by atoms with Crippen molar-refractivity contribution in [1.82, 2.24) is 10.2 Å². The van der Waals surface area contributed by atoms with E-state index in [0.717, 1.165) is 40.1 Å². The number of imide groups is 1. The molecule has 2 aromatic rings. The van der Waals surface area contributed by atoms with Crippen LogP contribution in [0.15, 0.2) is 42.5 Å². The summed E-state index contributed by atoms with van der Waals surface area (Å²) in [5.74, 6) is -0.646. The van der Waals surface area contributed by atoms with Gasteiger partial charge in [-0.15, -0.1) is 0 Å². The highest BCUT2D eigenvalue weighted by molar-refractivity contribution is 6.10. The lowest BCUT2D eigenvalue weighted by Crippen LogP contribution is -2.46. The van der Waals surface area contributed by atoms with Gasteiger partial charge in [0, 0.05) is 12.2 Å². The SMILES string of the molecule is Cc1ccc(C2(C)NC(=O)N(CC(=O)N3CCCc4cc(C)ccc43)C2=O)cc1. The Morgan fingerprint density at radius 2 is 1.76 bits per heavy atom. The number of amides is 4. The van der Waals surface area contributed by atoms with Crippen LogP contribution in [0.25, 0.3) is 0 Å². The topological polar surface area (TPSA) is 69.7 Å². The van der Waals surface area contributed by atoms with Gasteiger partial charge in [0.15, 0.2) is 0 Å². The molecule has 2 heterocycles. The van der Waals surface area contributed by atoms with E-state index in [4.69, 9.17) is 0 Å². The molecule has 1 N–H and O–H groups in total. The molecule has 2 aliphatic heterocycles. The predicted molar refractivity (Wildman–Crippen MR) is 111 cm³/mol. The molecule has 6 nitrogen and oxygen atoms in total. The fourth-order valence-electron chi connectivity index (χ4n) is 4.13. The molecule has 29 heavy (non-hydrogen) atoms. The van der Waals surface area contributed by atoms with Crippen molar-refractivity contribution in [2.75, 3.05) is 18.0 Å². The van der Waals surface area contributed by atoms with Crippen molar-refractivity contribution in [2.24, 2.45) is 0 Å². The summed E-state index contributed by atoms with van der Waals surface area (Å²) in [5.41, 5.74) is 3.77. The van der Waals surface area contributed by atoms with Crippen LogP contribution in [-0.2, 0) is 21.5 Å². The zero-order valence-corrected chi connectivity index (χ0v) is 17.0. The van der Waals surface area contributed by atoms with E-state index in [-0.39, 0.29) is 12.5 Å². The van der Waals surface area contributed by atoms with Gasteiger partial charge < -0.3 is 10.2 Å². The van der Waals surface area contributed by atoms with Crippen LogP contribution in [0.1, 0.15) is 35.6 Å². The Labute approximate surface area is 170 Å². The molecular formula is C23H25N3O3. The summed E-state index contributed by atoms with van der Waals surface area (Å²) in [7, 11) is 0. The molecule has 4 rings (SSSR count). The quantitative estimate of drug-likeness (QED) is 0.818. The van der Waals surface area contributed by atoms with E-state index in [1.54, 1.807) is 11.8 Å². The van der Waals surface area contributed by atoms with Gasteiger partial charge in [-0.25, -0.2) is 4.79 Å². The maximum atomic E-state index is 13.1. The lowest BCUT2D eigenvalue weighted by atomic mass is 9.91. The third kappa shape index (κ3) is 3.28. The molecule has 0 bridgehead atoms. The highest BCUT2D eigenvalue weighted by Gasteiger charge is 2.49. The number of urea groups is 1. The molecule has 150 valence electrons.